The molecule has 0 bridgehead atoms. The normalized spacial score (nSPS) is 11.0. The lowest BCUT2D eigenvalue weighted by Gasteiger charge is -2.25. The first-order chi connectivity index (χ1) is 18.7. The Balaban J connectivity index is 1.68. The zero-order valence-corrected chi connectivity index (χ0v) is 22.5. The van der Waals surface area contributed by atoms with Gasteiger partial charge in [-0.1, -0.05) is 41.9 Å². The smallest absolute Gasteiger partial charge is 0.265 e. The molecular formula is C28H24ClFN2O6S. The van der Waals surface area contributed by atoms with E-state index in [2.05, 4.69) is 5.32 Å². The first kappa shape index (κ1) is 27.7. The van der Waals surface area contributed by atoms with Crippen molar-refractivity contribution in [3.05, 3.63) is 102 Å². The number of halogens is 2. The topological polar surface area (TPSA) is 94.2 Å². The third-order valence-corrected chi connectivity index (χ3v) is 7.53. The van der Waals surface area contributed by atoms with Crippen LogP contribution in [0.2, 0.25) is 5.02 Å². The Morgan fingerprint density at radius 2 is 1.54 bits per heavy atom. The van der Waals surface area contributed by atoms with Crippen LogP contribution in [0.4, 0.5) is 15.8 Å². The molecule has 4 rings (SSSR count). The van der Waals surface area contributed by atoms with E-state index in [1.807, 2.05) is 6.07 Å². The molecule has 0 fully saturated rings. The Labute approximate surface area is 230 Å². The maximum Gasteiger partial charge on any atom is 0.265 e. The lowest BCUT2D eigenvalue weighted by molar-refractivity contribution is -0.114. The van der Waals surface area contributed by atoms with Crippen molar-refractivity contribution < 1.29 is 31.8 Å². The van der Waals surface area contributed by atoms with E-state index in [-0.39, 0.29) is 27.8 Å². The number of hydrogen-bond acceptors (Lipinski definition) is 6. The summed E-state index contributed by atoms with van der Waals surface area (Å²) in [4.78, 5) is 13.0. The number of ether oxygens (including phenoxy) is 3. The molecule has 4 aromatic rings. The second-order valence-electron chi connectivity index (χ2n) is 8.08. The third kappa shape index (κ3) is 6.42. The number of carbonyl (C=O) groups excluding carboxylic acids is 1. The zero-order valence-electron chi connectivity index (χ0n) is 20.9. The first-order valence-electron chi connectivity index (χ1n) is 11.5. The number of hydrogen-bond donors (Lipinski definition) is 1. The minimum Gasteiger partial charge on any atom is -0.493 e. The molecule has 0 atom stereocenters. The standard InChI is InChI=1S/C28H24ClFN2O6S/c1-36-26-15-13-21(17-27(26)37-2)39(34,35)32(24-11-7-6-10-22(24)30)18-28(33)31-23-16-19(29)12-14-25(23)38-20-8-4-3-5-9-20/h3-17H,18H2,1-2H3,(H,31,33). The van der Waals surface area contributed by atoms with Gasteiger partial charge >= 0.3 is 0 Å². The number of anilines is 2. The lowest BCUT2D eigenvalue weighted by atomic mass is 10.2. The van der Waals surface area contributed by atoms with Gasteiger partial charge in [0.1, 0.15) is 18.1 Å². The summed E-state index contributed by atoms with van der Waals surface area (Å²) in [5.74, 6) is -0.345. The van der Waals surface area contributed by atoms with E-state index in [1.54, 1.807) is 36.4 Å². The van der Waals surface area contributed by atoms with Crippen molar-refractivity contribution in [3.63, 3.8) is 0 Å². The molecule has 0 radical (unpaired) electrons. The fourth-order valence-electron chi connectivity index (χ4n) is 3.68. The third-order valence-electron chi connectivity index (χ3n) is 5.54. The van der Waals surface area contributed by atoms with Crippen LogP contribution < -0.4 is 23.8 Å². The second kappa shape index (κ2) is 12.1. The molecule has 8 nitrogen and oxygen atoms in total. The highest BCUT2D eigenvalue weighted by atomic mass is 35.5. The van der Waals surface area contributed by atoms with Crippen molar-refractivity contribution in [1.82, 2.24) is 0 Å². The maximum absolute atomic E-state index is 14.9. The summed E-state index contributed by atoms with van der Waals surface area (Å²) < 4.78 is 59.3. The van der Waals surface area contributed by atoms with Crippen LogP contribution in [0.1, 0.15) is 0 Å². The largest absolute Gasteiger partial charge is 0.493 e. The molecule has 39 heavy (non-hydrogen) atoms. The molecule has 0 aliphatic rings. The van der Waals surface area contributed by atoms with E-state index in [0.29, 0.717) is 20.8 Å². The highest BCUT2D eigenvalue weighted by Crippen LogP contribution is 2.34. The highest BCUT2D eigenvalue weighted by Gasteiger charge is 2.30. The molecule has 0 aliphatic heterocycles. The predicted octanol–water partition coefficient (Wildman–Crippen LogP) is 6.12. The summed E-state index contributed by atoms with van der Waals surface area (Å²) in [5, 5.41) is 2.95. The van der Waals surface area contributed by atoms with Gasteiger partial charge in [0, 0.05) is 11.1 Å². The molecule has 0 saturated carbocycles. The first-order valence-corrected chi connectivity index (χ1v) is 13.4. The van der Waals surface area contributed by atoms with Crippen LogP contribution in [0.3, 0.4) is 0 Å². The summed E-state index contributed by atoms with van der Waals surface area (Å²) in [6.07, 6.45) is 0. The minimum absolute atomic E-state index is 0.151. The summed E-state index contributed by atoms with van der Waals surface area (Å²) in [6, 6.07) is 22.7. The second-order valence-corrected chi connectivity index (χ2v) is 10.4. The van der Waals surface area contributed by atoms with Gasteiger partial charge in [-0.05, 0) is 54.6 Å². The van der Waals surface area contributed by atoms with Crippen LogP contribution in [-0.2, 0) is 14.8 Å². The lowest BCUT2D eigenvalue weighted by Crippen LogP contribution is -2.38. The van der Waals surface area contributed by atoms with E-state index >= 15 is 0 Å². The van der Waals surface area contributed by atoms with E-state index < -0.39 is 28.3 Å². The molecule has 0 unspecified atom stereocenters. The van der Waals surface area contributed by atoms with Crippen molar-refractivity contribution >= 4 is 38.9 Å². The van der Waals surface area contributed by atoms with E-state index in [4.69, 9.17) is 25.8 Å². The summed E-state index contributed by atoms with van der Waals surface area (Å²) in [5.41, 5.74) is -0.109. The molecule has 0 aromatic heterocycles. The van der Waals surface area contributed by atoms with Gasteiger partial charge in [0.25, 0.3) is 10.0 Å². The number of sulfonamides is 1. The van der Waals surface area contributed by atoms with Gasteiger partial charge in [0.15, 0.2) is 17.2 Å². The number of benzene rings is 4. The summed E-state index contributed by atoms with van der Waals surface area (Å²) >= 11 is 6.15. The average molecular weight is 571 g/mol. The van der Waals surface area contributed by atoms with Gasteiger partial charge in [-0.15, -0.1) is 0 Å². The van der Waals surface area contributed by atoms with Crippen LogP contribution in [0.25, 0.3) is 0 Å². The number of amides is 1. The van der Waals surface area contributed by atoms with Crippen molar-refractivity contribution in [2.24, 2.45) is 0 Å². The molecule has 202 valence electrons. The van der Waals surface area contributed by atoms with Crippen molar-refractivity contribution in [2.45, 2.75) is 4.90 Å². The highest BCUT2D eigenvalue weighted by molar-refractivity contribution is 7.92. The quantitative estimate of drug-likeness (QED) is 0.247. The molecule has 4 aromatic carbocycles. The number of methoxy groups -OCH3 is 2. The summed E-state index contributed by atoms with van der Waals surface area (Å²) in [6.45, 7) is -0.755. The molecule has 1 amide bonds. The number of nitrogens with zero attached hydrogens (tertiary/aromatic N) is 1. The number of nitrogens with one attached hydrogen (secondary N) is 1. The van der Waals surface area contributed by atoms with Crippen LogP contribution in [-0.4, -0.2) is 35.1 Å². The molecule has 0 spiro atoms. The Bertz CT molecular complexity index is 1580. The monoisotopic (exact) mass is 570 g/mol. The fourth-order valence-corrected chi connectivity index (χ4v) is 5.30. The van der Waals surface area contributed by atoms with E-state index in [9.17, 15) is 17.6 Å². The van der Waals surface area contributed by atoms with Crippen LogP contribution in [0.5, 0.6) is 23.0 Å². The van der Waals surface area contributed by atoms with Gasteiger partial charge in [0.05, 0.1) is 30.5 Å². The van der Waals surface area contributed by atoms with Gasteiger partial charge < -0.3 is 19.5 Å². The Morgan fingerprint density at radius 1 is 0.872 bits per heavy atom. The van der Waals surface area contributed by atoms with Gasteiger partial charge in [-0.25, -0.2) is 12.8 Å². The molecule has 1 N–H and O–H groups in total. The van der Waals surface area contributed by atoms with E-state index in [1.165, 1.54) is 56.7 Å². The van der Waals surface area contributed by atoms with Gasteiger partial charge in [-0.3, -0.25) is 9.10 Å². The van der Waals surface area contributed by atoms with Crippen molar-refractivity contribution in [3.8, 4) is 23.0 Å². The molecule has 0 saturated heterocycles. The van der Waals surface area contributed by atoms with Crippen molar-refractivity contribution in [2.75, 3.05) is 30.4 Å². The van der Waals surface area contributed by atoms with Gasteiger partial charge in [0.2, 0.25) is 5.91 Å². The minimum atomic E-state index is -4.45. The Kier molecular flexibility index (Phi) is 8.58. The SMILES string of the molecule is COc1ccc(S(=O)(=O)N(CC(=O)Nc2cc(Cl)ccc2Oc2ccccc2)c2ccccc2F)cc1OC. The molecule has 0 heterocycles. The Hall–Kier alpha value is -4.28. The van der Waals surface area contributed by atoms with Crippen LogP contribution in [0, 0.1) is 5.82 Å². The summed E-state index contributed by atoms with van der Waals surface area (Å²) in [7, 11) is -1.68. The van der Waals surface area contributed by atoms with Crippen LogP contribution >= 0.6 is 11.6 Å². The van der Waals surface area contributed by atoms with Gasteiger partial charge in [-0.2, -0.15) is 0 Å². The van der Waals surface area contributed by atoms with Crippen LogP contribution in [0.15, 0.2) is 95.9 Å². The predicted molar refractivity (Wildman–Crippen MR) is 147 cm³/mol. The van der Waals surface area contributed by atoms with E-state index in [0.717, 1.165) is 6.07 Å². The Morgan fingerprint density at radius 3 is 2.23 bits per heavy atom. The number of rotatable bonds is 10. The molecule has 0 aliphatic carbocycles. The fraction of sp³-hybridized carbons (Fsp3) is 0.107. The maximum atomic E-state index is 14.9. The van der Waals surface area contributed by atoms with Crippen molar-refractivity contribution in [1.29, 1.82) is 0 Å². The number of para-hydroxylation sites is 2. The zero-order chi connectivity index (χ0) is 28.0. The average Bonchev–Trinajstić information content (AvgIpc) is 2.93. The molecule has 11 heteroatoms. The molecular weight excluding hydrogens is 547 g/mol. The number of carbonyl (C=O) groups is 1.